The van der Waals surface area contributed by atoms with Crippen molar-refractivity contribution in [1.82, 2.24) is 9.97 Å². The van der Waals surface area contributed by atoms with E-state index < -0.39 is 0 Å². The molecular weight excluding hydrogens is 272 g/mol. The zero-order valence-corrected chi connectivity index (χ0v) is 13.0. The molecule has 0 spiro atoms. The molecule has 2 aromatic heterocycles. The van der Waals surface area contributed by atoms with Gasteiger partial charge in [0.05, 0.1) is 5.39 Å². The number of rotatable bonds is 6. The van der Waals surface area contributed by atoms with Gasteiger partial charge in [-0.1, -0.05) is 20.8 Å². The Hall–Kier alpha value is -1.40. The van der Waals surface area contributed by atoms with E-state index in [2.05, 4.69) is 42.1 Å². The standard InChI is InChI=1S/C14H22N4OS/c1-4-9-7-10-11(16-8-14(2,3)5-6-19)17-13(15)18-12(10)20-9/h7,19H,4-6,8H2,1-3H3,(H3,15,16,17,18). The number of nitrogen functional groups attached to an aromatic ring is 1. The molecule has 0 atom stereocenters. The summed E-state index contributed by atoms with van der Waals surface area (Å²) in [5.74, 6) is 1.08. The Kier molecular flexibility index (Phi) is 4.45. The van der Waals surface area contributed by atoms with Crippen molar-refractivity contribution in [3.05, 3.63) is 10.9 Å². The summed E-state index contributed by atoms with van der Waals surface area (Å²) in [5.41, 5.74) is 5.78. The Labute approximate surface area is 123 Å². The van der Waals surface area contributed by atoms with Crippen LogP contribution in [0.1, 0.15) is 32.1 Å². The molecule has 0 radical (unpaired) electrons. The van der Waals surface area contributed by atoms with Gasteiger partial charge in [-0.05, 0) is 24.3 Å². The Balaban J connectivity index is 2.26. The third-order valence-corrected chi connectivity index (χ3v) is 4.51. The van der Waals surface area contributed by atoms with Gasteiger partial charge in [-0.2, -0.15) is 4.98 Å². The maximum atomic E-state index is 9.08. The van der Waals surface area contributed by atoms with Gasteiger partial charge in [0.1, 0.15) is 10.6 Å². The number of nitrogens with one attached hydrogen (secondary N) is 1. The second-order valence-corrected chi connectivity index (χ2v) is 6.82. The summed E-state index contributed by atoms with van der Waals surface area (Å²) in [6.07, 6.45) is 1.73. The summed E-state index contributed by atoms with van der Waals surface area (Å²) < 4.78 is 0. The van der Waals surface area contributed by atoms with Crippen LogP contribution < -0.4 is 11.1 Å². The third-order valence-electron chi connectivity index (χ3n) is 3.33. The van der Waals surface area contributed by atoms with E-state index >= 15 is 0 Å². The van der Waals surface area contributed by atoms with Crippen molar-refractivity contribution in [3.63, 3.8) is 0 Å². The first-order chi connectivity index (χ1) is 9.45. The lowest BCUT2D eigenvalue weighted by Crippen LogP contribution is -2.24. The van der Waals surface area contributed by atoms with Crippen molar-refractivity contribution in [2.75, 3.05) is 24.2 Å². The minimum Gasteiger partial charge on any atom is -0.396 e. The van der Waals surface area contributed by atoms with E-state index in [1.54, 1.807) is 11.3 Å². The first-order valence-corrected chi connectivity index (χ1v) is 7.67. The number of fused-ring (bicyclic) bond motifs is 1. The van der Waals surface area contributed by atoms with Crippen molar-refractivity contribution in [1.29, 1.82) is 0 Å². The molecule has 0 aromatic carbocycles. The number of anilines is 2. The highest BCUT2D eigenvalue weighted by molar-refractivity contribution is 7.18. The number of aryl methyl sites for hydroxylation is 1. The van der Waals surface area contributed by atoms with E-state index in [1.807, 2.05) is 0 Å². The number of aliphatic hydroxyl groups is 1. The number of hydrogen-bond acceptors (Lipinski definition) is 6. The molecule has 0 saturated carbocycles. The first kappa shape index (κ1) is 15.0. The van der Waals surface area contributed by atoms with Crippen LogP contribution in [-0.2, 0) is 6.42 Å². The fourth-order valence-electron chi connectivity index (χ4n) is 2.01. The number of aliphatic hydroxyl groups excluding tert-OH is 1. The number of nitrogens with zero attached hydrogens (tertiary/aromatic N) is 2. The Morgan fingerprint density at radius 3 is 2.80 bits per heavy atom. The number of thiophene rings is 1. The topological polar surface area (TPSA) is 84.1 Å². The van der Waals surface area contributed by atoms with Crippen molar-refractivity contribution < 1.29 is 5.11 Å². The average molecular weight is 294 g/mol. The van der Waals surface area contributed by atoms with E-state index in [0.717, 1.165) is 35.4 Å². The largest absolute Gasteiger partial charge is 0.396 e. The molecule has 0 amide bonds. The molecule has 20 heavy (non-hydrogen) atoms. The van der Waals surface area contributed by atoms with Crippen LogP contribution in [0.25, 0.3) is 10.2 Å². The van der Waals surface area contributed by atoms with Crippen LogP contribution in [0.4, 0.5) is 11.8 Å². The summed E-state index contributed by atoms with van der Waals surface area (Å²) in [6.45, 7) is 7.27. The minimum atomic E-state index is 0.00436. The molecule has 4 N–H and O–H groups in total. The van der Waals surface area contributed by atoms with Crippen LogP contribution in [0.3, 0.4) is 0 Å². The van der Waals surface area contributed by atoms with E-state index in [4.69, 9.17) is 10.8 Å². The van der Waals surface area contributed by atoms with Crippen LogP contribution in [0, 0.1) is 5.41 Å². The van der Waals surface area contributed by atoms with Gasteiger partial charge >= 0.3 is 0 Å². The molecule has 0 aliphatic heterocycles. The third kappa shape index (κ3) is 3.37. The minimum absolute atomic E-state index is 0.00436. The van der Waals surface area contributed by atoms with Crippen molar-refractivity contribution in [3.8, 4) is 0 Å². The van der Waals surface area contributed by atoms with Gasteiger partial charge in [0.25, 0.3) is 0 Å². The summed E-state index contributed by atoms with van der Waals surface area (Å²) in [4.78, 5) is 10.8. The van der Waals surface area contributed by atoms with Crippen LogP contribution in [0.2, 0.25) is 0 Å². The highest BCUT2D eigenvalue weighted by Gasteiger charge is 2.18. The Bertz CT molecular complexity index is 594. The number of hydrogen-bond donors (Lipinski definition) is 3. The molecule has 2 aromatic rings. The van der Waals surface area contributed by atoms with Crippen LogP contribution in [-0.4, -0.2) is 28.2 Å². The molecule has 0 aliphatic carbocycles. The lowest BCUT2D eigenvalue weighted by Gasteiger charge is -2.24. The molecule has 0 fully saturated rings. The lowest BCUT2D eigenvalue weighted by molar-refractivity contribution is 0.220. The van der Waals surface area contributed by atoms with E-state index in [0.29, 0.717) is 5.95 Å². The normalized spacial score (nSPS) is 12.0. The van der Waals surface area contributed by atoms with Gasteiger partial charge in [0.15, 0.2) is 0 Å². The fourth-order valence-corrected chi connectivity index (χ4v) is 2.99. The van der Waals surface area contributed by atoms with Gasteiger partial charge in [-0.25, -0.2) is 4.98 Å². The summed E-state index contributed by atoms with van der Waals surface area (Å²) in [6, 6.07) is 2.13. The molecule has 6 heteroatoms. The van der Waals surface area contributed by atoms with E-state index in [9.17, 15) is 0 Å². The summed E-state index contributed by atoms with van der Waals surface area (Å²) in [7, 11) is 0. The van der Waals surface area contributed by atoms with Crippen LogP contribution in [0.15, 0.2) is 6.07 Å². The van der Waals surface area contributed by atoms with E-state index in [-0.39, 0.29) is 12.0 Å². The molecule has 2 rings (SSSR count). The lowest BCUT2D eigenvalue weighted by atomic mass is 9.90. The number of nitrogens with two attached hydrogens (primary N) is 1. The number of aromatic nitrogens is 2. The predicted molar refractivity (Wildman–Crippen MR) is 85.2 cm³/mol. The van der Waals surface area contributed by atoms with Crippen molar-refractivity contribution >= 4 is 33.3 Å². The van der Waals surface area contributed by atoms with Crippen LogP contribution in [0.5, 0.6) is 0 Å². The zero-order valence-electron chi connectivity index (χ0n) is 12.2. The highest BCUT2D eigenvalue weighted by Crippen LogP contribution is 2.30. The SMILES string of the molecule is CCc1cc2c(NCC(C)(C)CCO)nc(N)nc2s1. The van der Waals surface area contributed by atoms with Gasteiger partial charge in [0, 0.05) is 18.0 Å². The van der Waals surface area contributed by atoms with Gasteiger partial charge in [0.2, 0.25) is 5.95 Å². The van der Waals surface area contributed by atoms with Crippen LogP contribution >= 0.6 is 11.3 Å². The van der Waals surface area contributed by atoms with Crippen molar-refractivity contribution in [2.24, 2.45) is 5.41 Å². The zero-order chi connectivity index (χ0) is 14.8. The first-order valence-electron chi connectivity index (χ1n) is 6.86. The summed E-state index contributed by atoms with van der Waals surface area (Å²) in [5, 5.41) is 13.5. The molecule has 0 bridgehead atoms. The average Bonchev–Trinajstić information content (AvgIpc) is 2.78. The molecule has 2 heterocycles. The summed E-state index contributed by atoms with van der Waals surface area (Å²) >= 11 is 1.66. The maximum absolute atomic E-state index is 9.08. The second-order valence-electron chi connectivity index (χ2n) is 5.71. The Morgan fingerprint density at radius 1 is 1.40 bits per heavy atom. The molecular formula is C14H22N4OS. The predicted octanol–water partition coefficient (Wildman–Crippen LogP) is 2.66. The smallest absolute Gasteiger partial charge is 0.223 e. The fraction of sp³-hybridized carbons (Fsp3) is 0.571. The molecule has 0 aliphatic rings. The van der Waals surface area contributed by atoms with Crippen molar-refractivity contribution in [2.45, 2.75) is 33.6 Å². The molecule has 0 saturated heterocycles. The van der Waals surface area contributed by atoms with E-state index in [1.165, 1.54) is 4.88 Å². The highest BCUT2D eigenvalue weighted by atomic mass is 32.1. The van der Waals surface area contributed by atoms with Gasteiger partial charge in [-0.15, -0.1) is 11.3 Å². The van der Waals surface area contributed by atoms with Gasteiger partial charge < -0.3 is 16.2 Å². The second kappa shape index (κ2) is 5.93. The molecule has 110 valence electrons. The quantitative estimate of drug-likeness (QED) is 0.763. The molecule has 0 unspecified atom stereocenters. The Morgan fingerprint density at radius 2 is 2.15 bits per heavy atom. The monoisotopic (exact) mass is 294 g/mol. The maximum Gasteiger partial charge on any atom is 0.223 e. The van der Waals surface area contributed by atoms with Gasteiger partial charge in [-0.3, -0.25) is 0 Å². The molecule has 5 nitrogen and oxygen atoms in total.